The van der Waals surface area contributed by atoms with Gasteiger partial charge in [0.1, 0.15) is 5.69 Å². The fraction of sp³-hybridized carbons (Fsp3) is 0.143. The van der Waals surface area contributed by atoms with Crippen molar-refractivity contribution >= 4 is 34.5 Å². The van der Waals surface area contributed by atoms with Gasteiger partial charge in [0.2, 0.25) is 5.91 Å². The highest BCUT2D eigenvalue weighted by Gasteiger charge is 2.08. The number of H-pyrrole nitrogens is 1. The molecule has 0 atom stereocenters. The molecular weight excluding hydrogens is 372 g/mol. The van der Waals surface area contributed by atoms with E-state index in [1.54, 1.807) is 18.2 Å². The molecular formula is C21H20N4O4. The van der Waals surface area contributed by atoms with Gasteiger partial charge < -0.3 is 15.6 Å². The summed E-state index contributed by atoms with van der Waals surface area (Å²) in [7, 11) is 0. The van der Waals surface area contributed by atoms with Crippen molar-refractivity contribution in [2.45, 2.75) is 6.42 Å². The van der Waals surface area contributed by atoms with E-state index in [1.807, 2.05) is 24.3 Å². The van der Waals surface area contributed by atoms with Crippen LogP contribution in [0.2, 0.25) is 0 Å². The third kappa shape index (κ3) is 5.52. The van der Waals surface area contributed by atoms with Crippen molar-refractivity contribution in [1.29, 1.82) is 0 Å². The molecule has 0 aliphatic rings. The normalized spacial score (nSPS) is 10.9. The van der Waals surface area contributed by atoms with E-state index in [-0.39, 0.29) is 17.5 Å². The predicted molar refractivity (Wildman–Crippen MR) is 110 cm³/mol. The number of hydrogen-bond donors (Lipinski definition) is 3. The van der Waals surface area contributed by atoms with Crippen LogP contribution in [0.5, 0.6) is 0 Å². The second-order valence-electron chi connectivity index (χ2n) is 6.36. The lowest BCUT2D eigenvalue weighted by Gasteiger charge is -2.04. The van der Waals surface area contributed by atoms with Crippen LogP contribution < -0.4 is 10.6 Å². The Morgan fingerprint density at radius 1 is 1.03 bits per heavy atom. The number of para-hydroxylation sites is 1. The minimum atomic E-state index is -0.485. The van der Waals surface area contributed by atoms with Gasteiger partial charge in [0.05, 0.1) is 4.92 Å². The maximum Gasteiger partial charge on any atom is 0.270 e. The lowest BCUT2D eigenvalue weighted by molar-refractivity contribution is -0.384. The van der Waals surface area contributed by atoms with Crippen molar-refractivity contribution < 1.29 is 14.5 Å². The molecule has 0 aliphatic carbocycles. The number of carbonyl (C=O) groups excluding carboxylic acids is 2. The molecule has 3 N–H and O–H groups in total. The Hall–Kier alpha value is -3.94. The van der Waals surface area contributed by atoms with Crippen LogP contribution in [-0.2, 0) is 4.79 Å². The minimum Gasteiger partial charge on any atom is -0.352 e. The summed E-state index contributed by atoms with van der Waals surface area (Å²) in [6, 6.07) is 15.5. The number of rotatable bonds is 8. The second-order valence-corrected chi connectivity index (χ2v) is 6.36. The maximum atomic E-state index is 12.2. The summed E-state index contributed by atoms with van der Waals surface area (Å²) in [6.07, 6.45) is 3.41. The van der Waals surface area contributed by atoms with Crippen molar-refractivity contribution in [2.24, 2.45) is 0 Å². The number of aromatic nitrogens is 1. The van der Waals surface area contributed by atoms with Gasteiger partial charge in [-0.15, -0.1) is 0 Å². The number of amides is 2. The number of nitrogens with zero attached hydrogens (tertiary/aromatic N) is 1. The summed E-state index contributed by atoms with van der Waals surface area (Å²) >= 11 is 0. The summed E-state index contributed by atoms with van der Waals surface area (Å²) in [5, 5.41) is 17.2. The van der Waals surface area contributed by atoms with Crippen LogP contribution in [0.1, 0.15) is 22.5 Å². The predicted octanol–water partition coefficient (Wildman–Crippen LogP) is 3.03. The van der Waals surface area contributed by atoms with E-state index < -0.39 is 4.92 Å². The molecule has 1 heterocycles. The molecule has 8 heteroatoms. The molecule has 0 unspecified atom stereocenters. The number of nitro benzene ring substituents is 1. The van der Waals surface area contributed by atoms with E-state index in [0.29, 0.717) is 30.8 Å². The number of carbonyl (C=O) groups is 2. The van der Waals surface area contributed by atoms with Crippen molar-refractivity contribution in [1.82, 2.24) is 15.6 Å². The highest BCUT2D eigenvalue weighted by Crippen LogP contribution is 2.15. The molecule has 0 bridgehead atoms. The minimum absolute atomic E-state index is 0.0294. The van der Waals surface area contributed by atoms with Crippen molar-refractivity contribution in [3.63, 3.8) is 0 Å². The first-order chi connectivity index (χ1) is 14.0. The third-order valence-electron chi connectivity index (χ3n) is 4.22. The summed E-state index contributed by atoms with van der Waals surface area (Å²) in [5.74, 6) is -0.503. The molecule has 0 saturated carbocycles. The van der Waals surface area contributed by atoms with E-state index in [9.17, 15) is 19.7 Å². The molecule has 3 aromatic rings. The SMILES string of the molecule is O=C(/C=C/c1cccc([N+](=O)[O-])c1)NCCCNC(=O)c1cc2ccccc2[nH]1. The fourth-order valence-corrected chi connectivity index (χ4v) is 2.77. The van der Waals surface area contributed by atoms with Gasteiger partial charge in [-0.25, -0.2) is 0 Å². The Balaban J connectivity index is 1.38. The lowest BCUT2D eigenvalue weighted by atomic mass is 10.2. The first kappa shape index (κ1) is 19.8. The highest BCUT2D eigenvalue weighted by atomic mass is 16.6. The highest BCUT2D eigenvalue weighted by molar-refractivity contribution is 5.98. The largest absolute Gasteiger partial charge is 0.352 e. The van der Waals surface area contributed by atoms with Crippen LogP contribution in [0.4, 0.5) is 5.69 Å². The second kappa shape index (κ2) is 9.32. The van der Waals surface area contributed by atoms with Gasteiger partial charge in [-0.05, 0) is 30.2 Å². The van der Waals surface area contributed by atoms with Gasteiger partial charge in [-0.1, -0.05) is 30.3 Å². The van der Waals surface area contributed by atoms with E-state index in [0.717, 1.165) is 10.9 Å². The van der Waals surface area contributed by atoms with Crippen molar-refractivity contribution in [3.05, 3.63) is 82.0 Å². The van der Waals surface area contributed by atoms with E-state index in [4.69, 9.17) is 0 Å². The molecule has 8 nitrogen and oxygen atoms in total. The standard InChI is InChI=1S/C21H20N4O4/c26-20(10-9-15-5-3-7-17(13-15)25(28)29)22-11-4-12-23-21(27)19-14-16-6-1-2-8-18(16)24-19/h1-3,5-10,13-14,24H,4,11-12H2,(H,22,26)(H,23,27)/b10-9+. The zero-order valence-electron chi connectivity index (χ0n) is 15.6. The van der Waals surface area contributed by atoms with Crippen LogP contribution in [0.15, 0.2) is 60.7 Å². The van der Waals surface area contributed by atoms with E-state index in [1.165, 1.54) is 24.3 Å². The number of aromatic amines is 1. The molecule has 29 heavy (non-hydrogen) atoms. The van der Waals surface area contributed by atoms with E-state index in [2.05, 4.69) is 15.6 Å². The molecule has 0 aliphatic heterocycles. The summed E-state index contributed by atoms with van der Waals surface area (Å²) in [6.45, 7) is 0.814. The van der Waals surface area contributed by atoms with Gasteiger partial charge in [0, 0.05) is 42.2 Å². The Kier molecular flexibility index (Phi) is 6.36. The quantitative estimate of drug-likeness (QED) is 0.236. The Labute approximate surface area is 166 Å². The Bertz CT molecular complexity index is 1040. The molecule has 2 amide bonds. The summed E-state index contributed by atoms with van der Waals surface area (Å²) in [5.41, 5.74) is 1.94. The Morgan fingerprint density at radius 3 is 2.62 bits per heavy atom. The van der Waals surface area contributed by atoms with Crippen molar-refractivity contribution in [3.8, 4) is 0 Å². The lowest BCUT2D eigenvalue weighted by Crippen LogP contribution is -2.29. The zero-order valence-corrected chi connectivity index (χ0v) is 15.6. The van der Waals surface area contributed by atoms with Gasteiger partial charge in [-0.2, -0.15) is 0 Å². The van der Waals surface area contributed by atoms with Crippen LogP contribution in [-0.4, -0.2) is 34.8 Å². The topological polar surface area (TPSA) is 117 Å². The molecule has 3 rings (SSSR count). The molecule has 0 fully saturated rings. The average Bonchev–Trinajstić information content (AvgIpc) is 3.16. The van der Waals surface area contributed by atoms with Gasteiger partial charge >= 0.3 is 0 Å². The van der Waals surface area contributed by atoms with Gasteiger partial charge in [-0.3, -0.25) is 19.7 Å². The van der Waals surface area contributed by atoms with Gasteiger partial charge in [0.15, 0.2) is 0 Å². The summed E-state index contributed by atoms with van der Waals surface area (Å²) in [4.78, 5) is 37.3. The van der Waals surface area contributed by atoms with Crippen LogP contribution in [0.25, 0.3) is 17.0 Å². The molecule has 148 valence electrons. The van der Waals surface area contributed by atoms with Crippen molar-refractivity contribution in [2.75, 3.05) is 13.1 Å². The van der Waals surface area contributed by atoms with Crippen LogP contribution >= 0.6 is 0 Å². The number of nitrogens with one attached hydrogen (secondary N) is 3. The maximum absolute atomic E-state index is 12.2. The fourth-order valence-electron chi connectivity index (χ4n) is 2.77. The molecule has 2 aromatic carbocycles. The number of benzene rings is 2. The first-order valence-corrected chi connectivity index (χ1v) is 9.09. The molecule has 0 saturated heterocycles. The first-order valence-electron chi connectivity index (χ1n) is 9.09. The monoisotopic (exact) mass is 392 g/mol. The van der Waals surface area contributed by atoms with Gasteiger partial charge in [0.25, 0.3) is 11.6 Å². The molecule has 0 radical (unpaired) electrons. The number of non-ortho nitro benzene ring substituents is 1. The summed E-state index contributed by atoms with van der Waals surface area (Å²) < 4.78 is 0. The van der Waals surface area contributed by atoms with Crippen LogP contribution in [0.3, 0.4) is 0 Å². The number of hydrogen-bond acceptors (Lipinski definition) is 4. The zero-order chi connectivity index (χ0) is 20.6. The molecule has 0 spiro atoms. The smallest absolute Gasteiger partial charge is 0.270 e. The Morgan fingerprint density at radius 2 is 1.83 bits per heavy atom. The number of fused-ring (bicyclic) bond motifs is 1. The average molecular weight is 392 g/mol. The molecule has 1 aromatic heterocycles. The van der Waals surface area contributed by atoms with Crippen LogP contribution in [0, 0.1) is 10.1 Å². The third-order valence-corrected chi connectivity index (χ3v) is 4.22. The number of nitro groups is 1. The van der Waals surface area contributed by atoms with E-state index >= 15 is 0 Å².